The van der Waals surface area contributed by atoms with Crippen LogP contribution in [0.5, 0.6) is 0 Å². The van der Waals surface area contributed by atoms with Crippen LogP contribution in [0.1, 0.15) is 19.8 Å². The van der Waals surface area contributed by atoms with E-state index in [0.29, 0.717) is 0 Å². The van der Waals surface area contributed by atoms with Gasteiger partial charge in [0, 0.05) is 1.33 Å². The summed E-state index contributed by atoms with van der Waals surface area (Å²) in [5, 5.41) is 0. The Kier molecular flexibility index (Phi) is 4.30. The summed E-state index contributed by atoms with van der Waals surface area (Å²) in [7, 11) is 5.62. The molecule has 0 unspecified atom stereocenters. The van der Waals surface area contributed by atoms with E-state index in [0.717, 1.165) is 6.42 Å². The Hall–Kier alpha value is 1.52. The molecule has 0 aliphatic carbocycles. The van der Waals surface area contributed by atoms with Crippen molar-refractivity contribution in [2.45, 2.75) is 21.1 Å². The Labute approximate surface area is 73.5 Å². The van der Waals surface area contributed by atoms with Crippen molar-refractivity contribution in [1.29, 1.82) is 0 Å². The van der Waals surface area contributed by atoms with Crippen molar-refractivity contribution in [3.63, 3.8) is 0 Å². The Bertz CT molecular complexity index is 48.1. The highest BCUT2D eigenvalue weighted by Crippen LogP contribution is 2.27. The van der Waals surface area contributed by atoms with Gasteiger partial charge < -0.3 is 0 Å². The topological polar surface area (TPSA) is 0 Å². The summed E-state index contributed by atoms with van der Waals surface area (Å²) in [5.74, 6) is 0. The molecule has 0 aliphatic rings. The van der Waals surface area contributed by atoms with Gasteiger partial charge in [-0.25, -0.2) is 0 Å². The van der Waals surface area contributed by atoms with E-state index >= 15 is 0 Å². The molecule has 3 heteroatoms. The van der Waals surface area contributed by atoms with Crippen molar-refractivity contribution in [2.24, 2.45) is 0 Å². The standard InChI is InChI=1S/C4H7BI2/c1-2-3-4(5,6)7/h2-3H2,1H3. The third-order valence-electron chi connectivity index (χ3n) is 0.583. The quantitative estimate of drug-likeness (QED) is 0.417. The van der Waals surface area contributed by atoms with E-state index in [4.69, 9.17) is 7.85 Å². The van der Waals surface area contributed by atoms with E-state index in [1.54, 1.807) is 0 Å². The molecule has 0 aromatic carbocycles. The summed E-state index contributed by atoms with van der Waals surface area (Å²) in [4.78, 5) is 0. The van der Waals surface area contributed by atoms with Crippen molar-refractivity contribution in [3.8, 4) is 0 Å². The molecule has 40 valence electrons. The summed E-state index contributed by atoms with van der Waals surface area (Å²) in [6.07, 6.45) is 2.26. The monoisotopic (exact) mass is 320 g/mol. The largest absolute Gasteiger partial charge is 0.103 e. The predicted octanol–water partition coefficient (Wildman–Crippen LogP) is 2.48. The smallest absolute Gasteiger partial charge is 0.0783 e. The highest BCUT2D eigenvalue weighted by atomic mass is 127. The molecule has 0 aliphatic heterocycles. The fourth-order valence-corrected chi connectivity index (χ4v) is 1.41. The van der Waals surface area contributed by atoms with Crippen LogP contribution in [0.4, 0.5) is 0 Å². The van der Waals surface area contributed by atoms with Gasteiger partial charge in [0.2, 0.25) is 0 Å². The zero-order valence-corrected chi connectivity index (χ0v) is 8.56. The molecule has 0 N–H and O–H groups in total. The summed E-state index contributed by atoms with van der Waals surface area (Å²) in [6, 6.07) is 0. The lowest BCUT2D eigenvalue weighted by Crippen LogP contribution is -2.07. The van der Waals surface area contributed by atoms with Crippen molar-refractivity contribution in [2.75, 3.05) is 0 Å². The van der Waals surface area contributed by atoms with Crippen LogP contribution >= 0.6 is 45.2 Å². The van der Waals surface area contributed by atoms with Gasteiger partial charge in [0.1, 0.15) is 7.85 Å². The second-order valence-corrected chi connectivity index (χ2v) is 7.43. The van der Waals surface area contributed by atoms with Gasteiger partial charge in [0.25, 0.3) is 0 Å². The van der Waals surface area contributed by atoms with Crippen LogP contribution in [0.25, 0.3) is 0 Å². The van der Waals surface area contributed by atoms with E-state index < -0.39 is 0 Å². The molecule has 0 amide bonds. The minimum absolute atomic E-state index is 0.00965. The highest BCUT2D eigenvalue weighted by Gasteiger charge is 2.10. The van der Waals surface area contributed by atoms with Gasteiger partial charge >= 0.3 is 0 Å². The summed E-state index contributed by atoms with van der Waals surface area (Å²) in [6.45, 7) is 2.14. The van der Waals surface area contributed by atoms with Gasteiger partial charge in [-0.3, -0.25) is 0 Å². The van der Waals surface area contributed by atoms with Crippen LogP contribution in [0.2, 0.25) is 0 Å². The van der Waals surface area contributed by atoms with Crippen LogP contribution in [0, 0.1) is 0 Å². The van der Waals surface area contributed by atoms with Gasteiger partial charge in [0.05, 0.1) is 0 Å². The molecule has 0 aromatic heterocycles. The average Bonchev–Trinajstić information content (AvgIpc) is 1.30. The van der Waals surface area contributed by atoms with E-state index in [2.05, 4.69) is 52.1 Å². The molecule has 2 radical (unpaired) electrons. The average molecular weight is 320 g/mol. The molecule has 0 nitrogen and oxygen atoms in total. The maximum Gasteiger partial charge on any atom is 0.103 e. The van der Waals surface area contributed by atoms with E-state index in [1.165, 1.54) is 6.42 Å². The Morgan fingerprint density at radius 1 is 1.57 bits per heavy atom. The van der Waals surface area contributed by atoms with Crippen LogP contribution < -0.4 is 0 Å². The summed E-state index contributed by atoms with van der Waals surface area (Å²) < 4.78 is -0.00965. The molecule has 0 fully saturated rings. The first kappa shape index (κ1) is 8.52. The third kappa shape index (κ3) is 7.52. The zero-order valence-electron chi connectivity index (χ0n) is 4.25. The van der Waals surface area contributed by atoms with E-state index in [1.807, 2.05) is 0 Å². The maximum absolute atomic E-state index is 5.62. The molecule has 7 heavy (non-hydrogen) atoms. The van der Waals surface area contributed by atoms with Gasteiger partial charge in [-0.1, -0.05) is 58.5 Å². The normalized spacial score (nSPS) is 11.9. The second-order valence-electron chi connectivity index (χ2n) is 1.51. The lowest BCUT2D eigenvalue weighted by atomic mass is 10.0. The highest BCUT2D eigenvalue weighted by molar-refractivity contribution is 14.2. The number of hydrogen-bond acceptors (Lipinski definition) is 0. The van der Waals surface area contributed by atoms with Gasteiger partial charge in [-0.2, -0.15) is 0 Å². The first-order valence-corrected chi connectivity index (χ1v) is 4.38. The Morgan fingerprint density at radius 3 is 2.00 bits per heavy atom. The number of hydrogen-bond donors (Lipinski definition) is 0. The van der Waals surface area contributed by atoms with E-state index in [9.17, 15) is 0 Å². The van der Waals surface area contributed by atoms with Crippen molar-refractivity contribution >= 4 is 53.0 Å². The molecule has 0 atom stereocenters. The molecule has 0 spiro atoms. The Morgan fingerprint density at radius 2 is 2.00 bits per heavy atom. The van der Waals surface area contributed by atoms with Crippen LogP contribution in [0.15, 0.2) is 0 Å². The lowest BCUT2D eigenvalue weighted by Gasteiger charge is -2.10. The Balaban J connectivity index is 3.15. The summed E-state index contributed by atoms with van der Waals surface area (Å²) in [5.41, 5.74) is 0. The lowest BCUT2D eigenvalue weighted by molar-refractivity contribution is 0.867. The summed E-state index contributed by atoms with van der Waals surface area (Å²) >= 11 is 4.48. The van der Waals surface area contributed by atoms with Gasteiger partial charge in [-0.15, -0.1) is 0 Å². The third-order valence-corrected chi connectivity index (χ3v) is 1.66. The minimum atomic E-state index is -0.00965. The first-order chi connectivity index (χ1) is 3.06. The van der Waals surface area contributed by atoms with E-state index in [-0.39, 0.29) is 1.33 Å². The first-order valence-electron chi connectivity index (χ1n) is 2.23. The van der Waals surface area contributed by atoms with Gasteiger partial charge in [-0.05, 0) is 6.42 Å². The molecule has 0 saturated heterocycles. The van der Waals surface area contributed by atoms with Crippen LogP contribution in [-0.4, -0.2) is 9.17 Å². The van der Waals surface area contributed by atoms with Crippen molar-refractivity contribution in [1.82, 2.24) is 0 Å². The van der Waals surface area contributed by atoms with Crippen molar-refractivity contribution in [3.05, 3.63) is 0 Å². The number of halogens is 2. The fraction of sp³-hybridized carbons (Fsp3) is 1.00. The predicted molar refractivity (Wildman–Crippen MR) is 51.4 cm³/mol. The number of alkyl halides is 2. The minimum Gasteiger partial charge on any atom is -0.0783 e. The molecule has 0 saturated carbocycles. The molecular formula is C4H7BI2. The molecule has 0 rings (SSSR count). The van der Waals surface area contributed by atoms with Crippen LogP contribution in [-0.2, 0) is 0 Å². The maximum atomic E-state index is 5.62. The molecule has 0 bridgehead atoms. The fourth-order valence-electron chi connectivity index (χ4n) is 0.333. The zero-order chi connectivity index (χ0) is 5.91. The number of rotatable bonds is 2. The van der Waals surface area contributed by atoms with Crippen LogP contribution in [0.3, 0.4) is 0 Å². The molecule has 0 aromatic rings. The van der Waals surface area contributed by atoms with Gasteiger partial charge in [0.15, 0.2) is 0 Å². The SMILES string of the molecule is [B]C(I)(I)CCC. The molecule has 0 heterocycles. The van der Waals surface area contributed by atoms with Crippen molar-refractivity contribution < 1.29 is 0 Å². The molecular weight excluding hydrogens is 313 g/mol. The second kappa shape index (κ2) is 3.53.